The molecule has 98 valence electrons. The lowest BCUT2D eigenvalue weighted by Gasteiger charge is -2.46. The fraction of sp³-hybridized carbons (Fsp3) is 0.538. The average Bonchev–Trinajstić information content (AvgIpc) is 2.24. The van der Waals surface area contributed by atoms with E-state index >= 15 is 0 Å². The molecule has 1 saturated heterocycles. The minimum absolute atomic E-state index is 0.165. The Bertz CT molecular complexity index is 511. The first-order chi connectivity index (χ1) is 8.39. The van der Waals surface area contributed by atoms with Gasteiger partial charge < -0.3 is 14.6 Å². The van der Waals surface area contributed by atoms with E-state index in [4.69, 9.17) is 5.11 Å². The average molecular weight is 250 g/mol. The van der Waals surface area contributed by atoms with Crippen LogP contribution in [0.1, 0.15) is 24.2 Å². The van der Waals surface area contributed by atoms with Crippen LogP contribution in [0.4, 0.5) is 0 Å². The fourth-order valence-corrected chi connectivity index (χ4v) is 2.45. The molecule has 1 aromatic rings. The van der Waals surface area contributed by atoms with Crippen LogP contribution in [0.15, 0.2) is 23.1 Å². The summed E-state index contributed by atoms with van der Waals surface area (Å²) in [6.07, 6.45) is 1.64. The summed E-state index contributed by atoms with van der Waals surface area (Å²) in [5.74, 6) is -1.17. The molecule has 18 heavy (non-hydrogen) atoms. The van der Waals surface area contributed by atoms with E-state index in [9.17, 15) is 9.59 Å². The van der Waals surface area contributed by atoms with Crippen LogP contribution in [0.25, 0.3) is 0 Å². The fourth-order valence-electron chi connectivity index (χ4n) is 2.45. The van der Waals surface area contributed by atoms with Crippen LogP contribution in [0.2, 0.25) is 0 Å². The standard InChI is InChI=1S/C13H18N2O3/c1-13(2)8-14(9-13)6-7-15-5-3-4-10(11(15)16)12(17)18/h3-5H,6-9H2,1-2H3,(H,17,18). The van der Waals surface area contributed by atoms with E-state index in [1.54, 1.807) is 12.3 Å². The number of rotatable bonds is 4. The second-order valence-electron chi connectivity index (χ2n) is 5.60. The molecule has 2 rings (SSSR count). The molecule has 2 heterocycles. The molecule has 0 aliphatic carbocycles. The monoisotopic (exact) mass is 250 g/mol. The van der Waals surface area contributed by atoms with Crippen molar-refractivity contribution in [1.29, 1.82) is 0 Å². The number of likely N-dealkylation sites (tertiary alicyclic amines) is 1. The van der Waals surface area contributed by atoms with Crippen LogP contribution in [0.5, 0.6) is 0 Å². The van der Waals surface area contributed by atoms with Crippen molar-refractivity contribution in [3.63, 3.8) is 0 Å². The van der Waals surface area contributed by atoms with Crippen LogP contribution in [-0.4, -0.2) is 40.2 Å². The van der Waals surface area contributed by atoms with Crippen molar-refractivity contribution in [2.75, 3.05) is 19.6 Å². The number of hydrogen-bond acceptors (Lipinski definition) is 3. The maximum atomic E-state index is 11.8. The third kappa shape index (κ3) is 2.61. The quantitative estimate of drug-likeness (QED) is 0.862. The Morgan fingerprint density at radius 1 is 1.39 bits per heavy atom. The molecule has 0 amide bonds. The molecule has 0 saturated carbocycles. The first kappa shape index (κ1) is 12.8. The topological polar surface area (TPSA) is 62.5 Å². The maximum Gasteiger partial charge on any atom is 0.341 e. The van der Waals surface area contributed by atoms with Gasteiger partial charge >= 0.3 is 5.97 Å². The third-order valence-electron chi connectivity index (χ3n) is 3.21. The molecule has 0 bridgehead atoms. The maximum absolute atomic E-state index is 11.8. The van der Waals surface area contributed by atoms with Gasteiger partial charge in [0.25, 0.3) is 5.56 Å². The second kappa shape index (κ2) is 4.57. The molecule has 1 aliphatic heterocycles. The van der Waals surface area contributed by atoms with Crippen LogP contribution in [0.3, 0.4) is 0 Å². The number of carboxylic acids is 1. The molecule has 1 aromatic heterocycles. The van der Waals surface area contributed by atoms with Gasteiger partial charge in [-0.2, -0.15) is 0 Å². The summed E-state index contributed by atoms with van der Waals surface area (Å²) in [5, 5.41) is 8.87. The van der Waals surface area contributed by atoms with Gasteiger partial charge in [-0.05, 0) is 17.5 Å². The summed E-state index contributed by atoms with van der Waals surface area (Å²) in [5.41, 5.74) is -0.223. The van der Waals surface area contributed by atoms with Crippen LogP contribution in [0, 0.1) is 5.41 Å². The zero-order valence-electron chi connectivity index (χ0n) is 10.7. The number of nitrogens with zero attached hydrogens (tertiary/aromatic N) is 2. The highest BCUT2D eigenvalue weighted by atomic mass is 16.4. The van der Waals surface area contributed by atoms with E-state index in [0.29, 0.717) is 12.0 Å². The van der Waals surface area contributed by atoms with Gasteiger partial charge in [0.15, 0.2) is 0 Å². The molecule has 5 nitrogen and oxygen atoms in total. The van der Waals surface area contributed by atoms with Crippen molar-refractivity contribution in [2.45, 2.75) is 20.4 Å². The van der Waals surface area contributed by atoms with Crippen molar-refractivity contribution in [2.24, 2.45) is 5.41 Å². The number of hydrogen-bond donors (Lipinski definition) is 1. The highest BCUT2D eigenvalue weighted by Crippen LogP contribution is 2.27. The van der Waals surface area contributed by atoms with Crippen molar-refractivity contribution in [1.82, 2.24) is 9.47 Å². The van der Waals surface area contributed by atoms with Gasteiger partial charge in [-0.25, -0.2) is 4.79 Å². The predicted octanol–water partition coefficient (Wildman–Crippen LogP) is 0.888. The summed E-state index contributed by atoms with van der Waals surface area (Å²) in [7, 11) is 0. The highest BCUT2D eigenvalue weighted by molar-refractivity contribution is 5.86. The smallest absolute Gasteiger partial charge is 0.341 e. The summed E-state index contributed by atoms with van der Waals surface area (Å²) < 4.78 is 1.47. The summed E-state index contributed by atoms with van der Waals surface area (Å²) in [4.78, 5) is 24.9. The van der Waals surface area contributed by atoms with Crippen molar-refractivity contribution < 1.29 is 9.90 Å². The SMILES string of the molecule is CC1(C)CN(CCn2cccc(C(=O)O)c2=O)C1. The highest BCUT2D eigenvalue weighted by Gasteiger charge is 2.33. The zero-order chi connectivity index (χ0) is 13.3. The molecular weight excluding hydrogens is 232 g/mol. The molecule has 0 spiro atoms. The molecule has 1 fully saturated rings. The molecule has 0 aromatic carbocycles. The second-order valence-corrected chi connectivity index (χ2v) is 5.60. The number of carbonyl (C=O) groups is 1. The van der Waals surface area contributed by atoms with Gasteiger partial charge in [-0.3, -0.25) is 4.79 Å². The van der Waals surface area contributed by atoms with Gasteiger partial charge in [0.05, 0.1) is 0 Å². The van der Waals surface area contributed by atoms with E-state index in [1.165, 1.54) is 10.6 Å². The first-order valence-corrected chi connectivity index (χ1v) is 6.04. The number of aromatic nitrogens is 1. The summed E-state index contributed by atoms with van der Waals surface area (Å²) in [6.45, 7) is 7.80. The Balaban J connectivity index is 2.00. The van der Waals surface area contributed by atoms with Crippen molar-refractivity contribution >= 4 is 5.97 Å². The van der Waals surface area contributed by atoms with Crippen LogP contribution < -0.4 is 5.56 Å². The predicted molar refractivity (Wildman–Crippen MR) is 67.9 cm³/mol. The Kier molecular flexibility index (Phi) is 3.26. The third-order valence-corrected chi connectivity index (χ3v) is 3.21. The molecule has 0 atom stereocenters. The first-order valence-electron chi connectivity index (χ1n) is 6.04. The number of pyridine rings is 1. The van der Waals surface area contributed by atoms with Crippen LogP contribution in [-0.2, 0) is 6.54 Å². The molecule has 0 unspecified atom stereocenters. The Labute approximate surface area is 106 Å². The molecule has 0 radical (unpaired) electrons. The van der Waals surface area contributed by atoms with Crippen molar-refractivity contribution in [3.8, 4) is 0 Å². The largest absolute Gasteiger partial charge is 0.477 e. The Morgan fingerprint density at radius 2 is 2.06 bits per heavy atom. The summed E-state index contributed by atoms with van der Waals surface area (Å²) >= 11 is 0. The minimum atomic E-state index is -1.17. The molecule has 5 heteroatoms. The number of carboxylic acid groups (broad SMARTS) is 1. The molecular formula is C13H18N2O3. The number of aromatic carboxylic acids is 1. The van der Waals surface area contributed by atoms with Gasteiger partial charge in [0, 0.05) is 32.4 Å². The van der Waals surface area contributed by atoms with E-state index < -0.39 is 11.5 Å². The van der Waals surface area contributed by atoms with Crippen molar-refractivity contribution in [3.05, 3.63) is 34.2 Å². The van der Waals surface area contributed by atoms with Gasteiger partial charge in [-0.1, -0.05) is 13.8 Å². The Hall–Kier alpha value is -1.62. The Morgan fingerprint density at radius 3 is 2.61 bits per heavy atom. The summed E-state index contributed by atoms with van der Waals surface area (Å²) in [6, 6.07) is 2.94. The van der Waals surface area contributed by atoms with E-state index in [1.807, 2.05) is 0 Å². The van der Waals surface area contributed by atoms with E-state index in [0.717, 1.165) is 19.6 Å². The van der Waals surface area contributed by atoms with Gasteiger partial charge in [0.2, 0.25) is 0 Å². The molecule has 1 N–H and O–H groups in total. The van der Waals surface area contributed by atoms with E-state index in [-0.39, 0.29) is 5.56 Å². The minimum Gasteiger partial charge on any atom is -0.477 e. The lowest BCUT2D eigenvalue weighted by Crippen LogP contribution is -2.53. The normalized spacial score (nSPS) is 18.3. The lowest BCUT2D eigenvalue weighted by molar-refractivity contribution is 0.0283. The van der Waals surface area contributed by atoms with Gasteiger partial charge in [-0.15, -0.1) is 0 Å². The van der Waals surface area contributed by atoms with Crippen LogP contribution >= 0.6 is 0 Å². The van der Waals surface area contributed by atoms with E-state index in [2.05, 4.69) is 18.7 Å². The zero-order valence-corrected chi connectivity index (χ0v) is 10.7. The lowest BCUT2D eigenvalue weighted by atomic mass is 9.84. The molecule has 1 aliphatic rings. The van der Waals surface area contributed by atoms with Gasteiger partial charge in [0.1, 0.15) is 5.56 Å².